The molecule has 0 radical (unpaired) electrons. The molecule has 0 atom stereocenters. The van der Waals surface area contributed by atoms with Gasteiger partial charge in [0.05, 0.1) is 11.4 Å². The summed E-state index contributed by atoms with van der Waals surface area (Å²) in [4.78, 5) is 28.9. The lowest BCUT2D eigenvalue weighted by atomic mass is 10.1. The maximum atomic E-state index is 14.0. The van der Waals surface area contributed by atoms with E-state index in [1.807, 2.05) is 17.0 Å². The lowest BCUT2D eigenvalue weighted by molar-refractivity contribution is -0.124. The second kappa shape index (κ2) is 8.32. The Morgan fingerprint density at radius 3 is 2.34 bits per heavy atom. The van der Waals surface area contributed by atoms with Crippen LogP contribution in [0.5, 0.6) is 0 Å². The standard InChI is InChI=1S/C21H20BrFN4O2/c22-15-5-7-16(8-6-15)27-20(28)10-9-18(24-27)21(29)26-13-11-25(12-14-26)19-4-2-1-3-17(19)23/h1-8H,9-14H2. The van der Waals surface area contributed by atoms with Crippen LogP contribution in [0.15, 0.2) is 58.1 Å². The first-order chi connectivity index (χ1) is 14.0. The monoisotopic (exact) mass is 458 g/mol. The fourth-order valence-corrected chi connectivity index (χ4v) is 3.80. The van der Waals surface area contributed by atoms with E-state index in [-0.39, 0.29) is 24.1 Å². The van der Waals surface area contributed by atoms with Crippen LogP contribution >= 0.6 is 15.9 Å². The Morgan fingerprint density at radius 1 is 0.966 bits per heavy atom. The molecule has 0 bridgehead atoms. The van der Waals surface area contributed by atoms with Crippen molar-refractivity contribution in [2.45, 2.75) is 12.8 Å². The van der Waals surface area contributed by atoms with Crippen molar-refractivity contribution < 1.29 is 14.0 Å². The molecular weight excluding hydrogens is 439 g/mol. The van der Waals surface area contributed by atoms with Crippen LogP contribution in [0.1, 0.15) is 12.8 Å². The van der Waals surface area contributed by atoms with Crippen molar-refractivity contribution in [3.63, 3.8) is 0 Å². The smallest absolute Gasteiger partial charge is 0.270 e. The Labute approximate surface area is 176 Å². The molecule has 8 heteroatoms. The molecule has 2 aromatic carbocycles. The third kappa shape index (κ3) is 4.17. The van der Waals surface area contributed by atoms with Crippen LogP contribution in [-0.4, -0.2) is 48.6 Å². The van der Waals surface area contributed by atoms with Gasteiger partial charge >= 0.3 is 0 Å². The highest BCUT2D eigenvalue weighted by Crippen LogP contribution is 2.24. The summed E-state index contributed by atoms with van der Waals surface area (Å²) in [5.41, 5.74) is 1.57. The van der Waals surface area contributed by atoms with Crippen molar-refractivity contribution in [3.8, 4) is 0 Å². The molecule has 2 heterocycles. The number of hydrogen-bond donors (Lipinski definition) is 0. The number of rotatable bonds is 3. The zero-order valence-corrected chi connectivity index (χ0v) is 17.3. The van der Waals surface area contributed by atoms with Crippen molar-refractivity contribution in [1.82, 2.24) is 4.90 Å². The minimum atomic E-state index is -0.257. The molecule has 2 aliphatic rings. The molecule has 0 unspecified atom stereocenters. The number of benzene rings is 2. The van der Waals surface area contributed by atoms with Crippen LogP contribution < -0.4 is 9.91 Å². The lowest BCUT2D eigenvalue weighted by Gasteiger charge is -2.36. The maximum absolute atomic E-state index is 14.0. The Morgan fingerprint density at radius 2 is 1.66 bits per heavy atom. The number of amides is 2. The quantitative estimate of drug-likeness (QED) is 0.707. The fraction of sp³-hybridized carbons (Fsp3) is 0.286. The number of hydrogen-bond acceptors (Lipinski definition) is 4. The SMILES string of the molecule is O=C(C1=NN(c2ccc(Br)cc2)C(=O)CC1)N1CCN(c2ccccc2F)CC1. The highest BCUT2D eigenvalue weighted by molar-refractivity contribution is 9.10. The minimum Gasteiger partial charge on any atom is -0.366 e. The van der Waals surface area contributed by atoms with E-state index in [1.54, 1.807) is 35.2 Å². The average Bonchev–Trinajstić information content (AvgIpc) is 2.75. The molecule has 1 fully saturated rings. The normalized spacial score (nSPS) is 17.4. The molecule has 2 amide bonds. The van der Waals surface area contributed by atoms with E-state index >= 15 is 0 Å². The first-order valence-electron chi connectivity index (χ1n) is 9.47. The summed E-state index contributed by atoms with van der Waals surface area (Å²) in [6.07, 6.45) is 0.577. The van der Waals surface area contributed by atoms with Gasteiger partial charge in [-0.15, -0.1) is 0 Å². The highest BCUT2D eigenvalue weighted by Gasteiger charge is 2.30. The number of piperazine rings is 1. The highest BCUT2D eigenvalue weighted by atomic mass is 79.9. The first-order valence-corrected chi connectivity index (χ1v) is 10.3. The molecule has 29 heavy (non-hydrogen) atoms. The number of halogens is 2. The molecule has 1 saturated heterocycles. The van der Waals surface area contributed by atoms with Crippen LogP contribution in [-0.2, 0) is 9.59 Å². The van der Waals surface area contributed by atoms with Crippen LogP contribution in [0.25, 0.3) is 0 Å². The number of nitrogens with zero attached hydrogens (tertiary/aromatic N) is 4. The van der Waals surface area contributed by atoms with Gasteiger partial charge in [0, 0.05) is 43.5 Å². The van der Waals surface area contributed by atoms with Gasteiger partial charge in [-0.2, -0.15) is 5.10 Å². The van der Waals surface area contributed by atoms with Gasteiger partial charge in [-0.3, -0.25) is 9.59 Å². The maximum Gasteiger partial charge on any atom is 0.270 e. The predicted molar refractivity (Wildman–Crippen MR) is 113 cm³/mol. The zero-order chi connectivity index (χ0) is 20.4. The molecule has 2 aliphatic heterocycles. The minimum absolute atomic E-state index is 0.131. The van der Waals surface area contributed by atoms with Crippen molar-refractivity contribution in [3.05, 3.63) is 58.8 Å². The summed E-state index contributed by atoms with van der Waals surface area (Å²) in [6, 6.07) is 13.9. The molecule has 0 aliphatic carbocycles. The van der Waals surface area contributed by atoms with Crippen molar-refractivity contribution in [1.29, 1.82) is 0 Å². The van der Waals surface area contributed by atoms with E-state index in [0.717, 1.165) is 4.47 Å². The van der Waals surface area contributed by atoms with E-state index in [1.165, 1.54) is 11.1 Å². The number of hydrazone groups is 1. The van der Waals surface area contributed by atoms with Crippen molar-refractivity contribution in [2.24, 2.45) is 5.10 Å². The number of carbonyl (C=O) groups excluding carboxylic acids is 2. The number of para-hydroxylation sites is 1. The molecule has 150 valence electrons. The molecule has 0 aromatic heterocycles. The van der Waals surface area contributed by atoms with Gasteiger partial charge in [0.15, 0.2) is 0 Å². The van der Waals surface area contributed by atoms with Crippen LogP contribution in [0.2, 0.25) is 0 Å². The molecular formula is C21H20BrFN4O2. The number of anilines is 2. The Bertz CT molecular complexity index is 955. The van der Waals surface area contributed by atoms with E-state index < -0.39 is 0 Å². The van der Waals surface area contributed by atoms with Gasteiger partial charge in [-0.1, -0.05) is 28.1 Å². The summed E-state index contributed by atoms with van der Waals surface area (Å²) < 4.78 is 14.9. The van der Waals surface area contributed by atoms with Gasteiger partial charge < -0.3 is 9.80 Å². The average molecular weight is 459 g/mol. The predicted octanol–water partition coefficient (Wildman–Crippen LogP) is 3.42. The lowest BCUT2D eigenvalue weighted by Crippen LogP contribution is -2.51. The fourth-order valence-electron chi connectivity index (χ4n) is 3.53. The summed E-state index contributed by atoms with van der Waals surface area (Å²) in [6.45, 7) is 2.07. The topological polar surface area (TPSA) is 56.2 Å². The van der Waals surface area contributed by atoms with Gasteiger partial charge in [-0.05, 0) is 36.4 Å². The van der Waals surface area contributed by atoms with Crippen LogP contribution in [0.4, 0.5) is 15.8 Å². The number of carbonyl (C=O) groups is 2. The molecule has 0 spiro atoms. The molecule has 0 N–H and O–H groups in total. The van der Waals surface area contributed by atoms with Crippen LogP contribution in [0.3, 0.4) is 0 Å². The van der Waals surface area contributed by atoms with Crippen molar-refractivity contribution >= 4 is 44.8 Å². The van der Waals surface area contributed by atoms with Gasteiger partial charge in [0.25, 0.3) is 5.91 Å². The summed E-state index contributed by atoms with van der Waals surface area (Å²) >= 11 is 3.37. The van der Waals surface area contributed by atoms with Crippen LogP contribution in [0, 0.1) is 5.82 Å². The second-order valence-electron chi connectivity index (χ2n) is 6.96. The summed E-state index contributed by atoms with van der Waals surface area (Å²) in [5.74, 6) is -0.548. The second-order valence-corrected chi connectivity index (χ2v) is 7.87. The summed E-state index contributed by atoms with van der Waals surface area (Å²) in [5, 5.41) is 5.65. The van der Waals surface area contributed by atoms with Crippen molar-refractivity contribution in [2.75, 3.05) is 36.1 Å². The molecule has 0 saturated carbocycles. The largest absolute Gasteiger partial charge is 0.366 e. The van der Waals surface area contributed by atoms with E-state index in [4.69, 9.17) is 0 Å². The molecule has 2 aromatic rings. The Balaban J connectivity index is 1.45. The Kier molecular flexibility index (Phi) is 5.62. The third-order valence-corrected chi connectivity index (χ3v) is 5.64. The zero-order valence-electron chi connectivity index (χ0n) is 15.7. The molecule has 4 rings (SSSR count). The third-order valence-electron chi connectivity index (χ3n) is 5.11. The summed E-state index contributed by atoms with van der Waals surface area (Å²) in [7, 11) is 0. The van der Waals surface area contributed by atoms with E-state index in [9.17, 15) is 14.0 Å². The Hall–Kier alpha value is -2.74. The van der Waals surface area contributed by atoms with Gasteiger partial charge in [-0.25, -0.2) is 9.40 Å². The molecule has 6 nitrogen and oxygen atoms in total. The van der Waals surface area contributed by atoms with E-state index in [0.29, 0.717) is 49.7 Å². The first kappa shape index (κ1) is 19.6. The van der Waals surface area contributed by atoms with Gasteiger partial charge in [0.2, 0.25) is 5.91 Å². The van der Waals surface area contributed by atoms with E-state index in [2.05, 4.69) is 21.0 Å². The van der Waals surface area contributed by atoms with Gasteiger partial charge in [0.1, 0.15) is 11.5 Å².